The van der Waals surface area contributed by atoms with E-state index in [-0.39, 0.29) is 6.09 Å². The highest BCUT2D eigenvalue weighted by molar-refractivity contribution is 5.68. The second kappa shape index (κ2) is 8.38. The van der Waals surface area contributed by atoms with Gasteiger partial charge in [-0.25, -0.2) is 9.78 Å². The summed E-state index contributed by atoms with van der Waals surface area (Å²) in [4.78, 5) is 24.2. The Balaban J connectivity index is 1.88. The quantitative estimate of drug-likeness (QED) is 0.779. The molecule has 1 N–H and O–H groups in total. The van der Waals surface area contributed by atoms with Crippen molar-refractivity contribution in [2.75, 3.05) is 63.3 Å². The molecule has 0 atom stereocenters. The Bertz CT molecular complexity index is 477. The molecule has 1 aliphatic heterocycles. The van der Waals surface area contributed by atoms with Gasteiger partial charge in [0.2, 0.25) is 5.95 Å². The molecule has 0 aromatic carbocycles. The van der Waals surface area contributed by atoms with Crippen LogP contribution in [0.5, 0.6) is 0 Å². The summed E-state index contributed by atoms with van der Waals surface area (Å²) >= 11 is 0. The summed E-state index contributed by atoms with van der Waals surface area (Å²) in [5.74, 6) is 1.45. The van der Waals surface area contributed by atoms with E-state index in [2.05, 4.69) is 20.2 Å². The molecule has 2 heterocycles. The number of nitrogens with one attached hydrogen (secondary N) is 1. The lowest BCUT2D eigenvalue weighted by Crippen LogP contribution is -2.49. The number of hydrogen-bond donors (Lipinski definition) is 1. The van der Waals surface area contributed by atoms with Crippen molar-refractivity contribution < 1.29 is 14.3 Å². The maximum Gasteiger partial charge on any atom is 0.409 e. The predicted molar refractivity (Wildman–Crippen MR) is 83.2 cm³/mol. The van der Waals surface area contributed by atoms with E-state index in [1.807, 2.05) is 13.0 Å². The molecule has 2 rings (SSSR count). The summed E-state index contributed by atoms with van der Waals surface area (Å²) in [5.41, 5.74) is 0. The lowest BCUT2D eigenvalue weighted by molar-refractivity contribution is 0.105. The normalized spacial score (nSPS) is 14.8. The number of carbonyl (C=O) groups is 1. The number of hydrogen-bond acceptors (Lipinski definition) is 7. The minimum absolute atomic E-state index is 0.244. The average Bonchev–Trinajstić information content (AvgIpc) is 2.56. The molecule has 0 bridgehead atoms. The van der Waals surface area contributed by atoms with Crippen LogP contribution >= 0.6 is 0 Å². The molecule has 0 unspecified atom stereocenters. The summed E-state index contributed by atoms with van der Waals surface area (Å²) in [7, 11) is 1.65. The van der Waals surface area contributed by atoms with Crippen molar-refractivity contribution in [1.82, 2.24) is 14.9 Å². The zero-order valence-electron chi connectivity index (χ0n) is 13.1. The molecule has 0 spiro atoms. The highest BCUT2D eigenvalue weighted by Crippen LogP contribution is 2.15. The smallest absolute Gasteiger partial charge is 0.409 e. The third-order valence-electron chi connectivity index (χ3n) is 3.36. The van der Waals surface area contributed by atoms with Crippen molar-refractivity contribution in [3.63, 3.8) is 0 Å². The molecule has 0 radical (unpaired) electrons. The van der Waals surface area contributed by atoms with Crippen LogP contribution < -0.4 is 10.2 Å². The molecule has 1 amide bonds. The van der Waals surface area contributed by atoms with Gasteiger partial charge in [-0.1, -0.05) is 0 Å². The SMILES string of the molecule is CCOC(=O)N1CCN(c2ccnc(NCCOC)n2)CC1. The number of carbonyl (C=O) groups excluding carboxylic acids is 1. The number of piperazine rings is 1. The Morgan fingerprint density at radius 3 is 2.82 bits per heavy atom. The zero-order valence-corrected chi connectivity index (χ0v) is 13.1. The molecule has 1 aliphatic rings. The van der Waals surface area contributed by atoms with Gasteiger partial charge in [0.1, 0.15) is 5.82 Å². The molecule has 22 heavy (non-hydrogen) atoms. The van der Waals surface area contributed by atoms with Gasteiger partial charge in [-0.2, -0.15) is 4.98 Å². The highest BCUT2D eigenvalue weighted by Gasteiger charge is 2.22. The van der Waals surface area contributed by atoms with Gasteiger partial charge in [-0.05, 0) is 13.0 Å². The van der Waals surface area contributed by atoms with Gasteiger partial charge in [0.05, 0.1) is 13.2 Å². The monoisotopic (exact) mass is 309 g/mol. The molecular formula is C14H23N5O3. The van der Waals surface area contributed by atoms with Crippen LogP contribution in [0, 0.1) is 0 Å². The van der Waals surface area contributed by atoms with E-state index in [9.17, 15) is 4.79 Å². The van der Waals surface area contributed by atoms with Gasteiger partial charge < -0.3 is 24.6 Å². The first-order valence-corrected chi connectivity index (χ1v) is 7.47. The molecule has 0 saturated carbocycles. The average molecular weight is 309 g/mol. The molecule has 8 nitrogen and oxygen atoms in total. The number of nitrogens with zero attached hydrogens (tertiary/aromatic N) is 4. The van der Waals surface area contributed by atoms with Gasteiger partial charge in [0.15, 0.2) is 0 Å². The lowest BCUT2D eigenvalue weighted by atomic mass is 10.3. The maximum atomic E-state index is 11.7. The van der Waals surface area contributed by atoms with Gasteiger partial charge in [-0.3, -0.25) is 0 Å². The van der Waals surface area contributed by atoms with Crippen molar-refractivity contribution in [2.45, 2.75) is 6.92 Å². The van der Waals surface area contributed by atoms with Crippen molar-refractivity contribution in [1.29, 1.82) is 0 Å². The Labute approximate surface area is 130 Å². The molecule has 122 valence electrons. The summed E-state index contributed by atoms with van der Waals surface area (Å²) in [5, 5.41) is 3.11. The third-order valence-corrected chi connectivity index (χ3v) is 3.36. The van der Waals surface area contributed by atoms with Crippen molar-refractivity contribution in [3.05, 3.63) is 12.3 Å². The minimum atomic E-state index is -0.244. The third kappa shape index (κ3) is 4.45. The van der Waals surface area contributed by atoms with Gasteiger partial charge in [0, 0.05) is 46.0 Å². The van der Waals surface area contributed by atoms with Crippen LogP contribution in [-0.4, -0.2) is 74.0 Å². The van der Waals surface area contributed by atoms with Crippen LogP contribution in [0.2, 0.25) is 0 Å². The minimum Gasteiger partial charge on any atom is -0.450 e. The summed E-state index contributed by atoms with van der Waals surface area (Å²) in [6, 6.07) is 1.88. The zero-order chi connectivity index (χ0) is 15.8. The van der Waals surface area contributed by atoms with E-state index < -0.39 is 0 Å². The van der Waals surface area contributed by atoms with Crippen LogP contribution in [0.3, 0.4) is 0 Å². The number of rotatable bonds is 6. The van der Waals surface area contributed by atoms with Crippen LogP contribution in [-0.2, 0) is 9.47 Å². The fourth-order valence-electron chi connectivity index (χ4n) is 2.21. The molecule has 1 aromatic rings. The van der Waals surface area contributed by atoms with Crippen LogP contribution in [0.15, 0.2) is 12.3 Å². The van der Waals surface area contributed by atoms with Gasteiger partial charge >= 0.3 is 6.09 Å². The Hall–Kier alpha value is -2.09. The fraction of sp³-hybridized carbons (Fsp3) is 0.643. The van der Waals surface area contributed by atoms with E-state index in [0.29, 0.717) is 38.8 Å². The first-order chi connectivity index (χ1) is 10.7. The topological polar surface area (TPSA) is 79.8 Å². The molecule has 8 heteroatoms. The fourth-order valence-corrected chi connectivity index (χ4v) is 2.21. The van der Waals surface area contributed by atoms with Gasteiger partial charge in [-0.15, -0.1) is 0 Å². The number of ether oxygens (including phenoxy) is 2. The van der Waals surface area contributed by atoms with Crippen LogP contribution in [0.25, 0.3) is 0 Å². The first-order valence-electron chi connectivity index (χ1n) is 7.47. The first kappa shape index (κ1) is 16.3. The Morgan fingerprint density at radius 2 is 2.14 bits per heavy atom. The maximum absolute atomic E-state index is 11.7. The van der Waals surface area contributed by atoms with Crippen LogP contribution in [0.4, 0.5) is 16.6 Å². The largest absolute Gasteiger partial charge is 0.450 e. The summed E-state index contributed by atoms with van der Waals surface area (Å²) < 4.78 is 10.0. The van der Waals surface area contributed by atoms with Crippen molar-refractivity contribution >= 4 is 17.9 Å². The standard InChI is InChI=1S/C14H23N5O3/c1-3-22-14(20)19-9-7-18(8-10-19)12-4-5-15-13(17-12)16-6-11-21-2/h4-5H,3,6-11H2,1-2H3,(H,15,16,17). The molecule has 1 fully saturated rings. The second-order valence-corrected chi connectivity index (χ2v) is 4.83. The van der Waals surface area contributed by atoms with Crippen LogP contribution in [0.1, 0.15) is 6.92 Å². The second-order valence-electron chi connectivity index (χ2n) is 4.83. The van der Waals surface area contributed by atoms with E-state index in [0.717, 1.165) is 18.9 Å². The number of amides is 1. The Kier molecular flexibility index (Phi) is 6.20. The lowest BCUT2D eigenvalue weighted by Gasteiger charge is -2.34. The number of methoxy groups -OCH3 is 1. The summed E-state index contributed by atoms with van der Waals surface area (Å²) in [6.07, 6.45) is 1.49. The highest BCUT2D eigenvalue weighted by atomic mass is 16.6. The molecular weight excluding hydrogens is 286 g/mol. The van der Waals surface area contributed by atoms with E-state index in [1.165, 1.54) is 0 Å². The number of aromatic nitrogens is 2. The molecule has 0 aliphatic carbocycles. The van der Waals surface area contributed by atoms with Crippen molar-refractivity contribution in [2.24, 2.45) is 0 Å². The Morgan fingerprint density at radius 1 is 1.36 bits per heavy atom. The molecule has 1 saturated heterocycles. The molecule has 1 aromatic heterocycles. The van der Waals surface area contributed by atoms with Crippen molar-refractivity contribution in [3.8, 4) is 0 Å². The summed E-state index contributed by atoms with van der Waals surface area (Å²) in [6.45, 7) is 6.21. The van der Waals surface area contributed by atoms with E-state index >= 15 is 0 Å². The van der Waals surface area contributed by atoms with Gasteiger partial charge in [0.25, 0.3) is 0 Å². The predicted octanol–water partition coefficient (Wildman–Crippen LogP) is 0.813. The van der Waals surface area contributed by atoms with E-state index in [1.54, 1.807) is 18.2 Å². The number of anilines is 2. The van der Waals surface area contributed by atoms with E-state index in [4.69, 9.17) is 9.47 Å².